The lowest BCUT2D eigenvalue weighted by atomic mass is 10.0. The number of fused-ring (bicyclic) bond motifs is 12. The van der Waals surface area contributed by atoms with Crippen LogP contribution >= 0.6 is 0 Å². The van der Waals surface area contributed by atoms with Crippen molar-refractivity contribution >= 4 is 104 Å². The third-order valence-corrected chi connectivity index (χ3v) is 11.4. The Balaban J connectivity index is 1.24. The minimum atomic E-state index is 0.814. The Labute approximate surface area is 300 Å². The highest BCUT2D eigenvalue weighted by Crippen LogP contribution is 2.47. The molecular weight excluding hydrogens is 649 g/mol. The molecule has 0 amide bonds. The van der Waals surface area contributed by atoms with Gasteiger partial charge in [0, 0.05) is 43.3 Å². The number of hydrogen-bond donors (Lipinski definition) is 0. The second-order valence-electron chi connectivity index (χ2n) is 14.1. The average molecular weight is 675 g/mol. The molecule has 13 aromatic rings. The maximum atomic E-state index is 6.67. The quantitative estimate of drug-likeness (QED) is 0.172. The predicted molar refractivity (Wildman–Crippen MR) is 219 cm³/mol. The molecule has 0 spiro atoms. The largest absolute Gasteiger partial charge is 0.455 e. The molecule has 0 aliphatic heterocycles. The molecule has 0 N–H and O–H groups in total. The van der Waals surface area contributed by atoms with E-state index in [1.807, 2.05) is 6.07 Å². The Morgan fingerprint density at radius 2 is 1.13 bits per heavy atom. The van der Waals surface area contributed by atoms with Crippen LogP contribution in [0.5, 0.6) is 0 Å². The first-order valence-electron chi connectivity index (χ1n) is 18.0. The van der Waals surface area contributed by atoms with E-state index in [2.05, 4.69) is 161 Å². The van der Waals surface area contributed by atoms with Crippen LogP contribution in [0.1, 0.15) is 0 Å². The second kappa shape index (κ2) is 9.75. The van der Waals surface area contributed by atoms with Gasteiger partial charge in [-0.1, -0.05) is 115 Å². The van der Waals surface area contributed by atoms with Crippen molar-refractivity contribution in [3.8, 4) is 17.1 Å². The van der Waals surface area contributed by atoms with Crippen molar-refractivity contribution in [2.45, 2.75) is 0 Å². The highest BCUT2D eigenvalue weighted by Gasteiger charge is 2.25. The summed E-state index contributed by atoms with van der Waals surface area (Å²) in [5, 5.41) is 11.7. The minimum absolute atomic E-state index is 0.814. The van der Waals surface area contributed by atoms with Gasteiger partial charge in [0.25, 0.3) is 0 Å². The summed E-state index contributed by atoms with van der Waals surface area (Å²) in [5.74, 6) is 0.814. The van der Waals surface area contributed by atoms with Gasteiger partial charge in [-0.25, -0.2) is 9.97 Å². The second-order valence-corrected chi connectivity index (χ2v) is 14.1. The Morgan fingerprint density at radius 3 is 2.06 bits per heavy atom. The molecule has 5 nitrogen and oxygen atoms in total. The summed E-state index contributed by atoms with van der Waals surface area (Å²) in [7, 11) is 0. The van der Waals surface area contributed by atoms with E-state index in [4.69, 9.17) is 14.4 Å². The lowest BCUT2D eigenvalue weighted by Gasteiger charge is -2.15. The summed E-state index contributed by atoms with van der Waals surface area (Å²) in [6.07, 6.45) is 0. The first kappa shape index (κ1) is 27.5. The molecule has 0 fully saturated rings. The molecule has 53 heavy (non-hydrogen) atoms. The van der Waals surface area contributed by atoms with Gasteiger partial charge in [0.15, 0.2) is 5.82 Å². The van der Waals surface area contributed by atoms with E-state index >= 15 is 0 Å². The number of nitrogens with zero attached hydrogens (tertiary/aromatic N) is 4. The maximum Gasteiger partial charge on any atom is 0.165 e. The van der Waals surface area contributed by atoms with Gasteiger partial charge in [-0.2, -0.15) is 0 Å². The van der Waals surface area contributed by atoms with Crippen molar-refractivity contribution in [3.63, 3.8) is 0 Å². The number of rotatable bonds is 2. The normalized spacial score (nSPS) is 12.5. The van der Waals surface area contributed by atoms with Crippen molar-refractivity contribution in [1.29, 1.82) is 0 Å². The highest BCUT2D eigenvalue weighted by atomic mass is 16.3. The van der Waals surface area contributed by atoms with Gasteiger partial charge in [-0.05, 0) is 53.2 Å². The van der Waals surface area contributed by atoms with E-state index in [-0.39, 0.29) is 0 Å². The molecule has 5 heteroatoms. The Morgan fingerprint density at radius 1 is 0.434 bits per heavy atom. The SMILES string of the molecule is c1ccc(-c2nc3c(ccc4ccccc43)nc2-n2c3cccc4c5cccc6c7c8oc9ccccc9c8ccc7n(c7cccc2c7c43)c56)cc1. The number of para-hydroxylation sites is 2. The summed E-state index contributed by atoms with van der Waals surface area (Å²) in [4.78, 5) is 11.0. The molecule has 0 aliphatic rings. The minimum Gasteiger partial charge on any atom is -0.455 e. The molecule has 13 rings (SSSR count). The van der Waals surface area contributed by atoms with Crippen LogP contribution < -0.4 is 0 Å². The Hall–Kier alpha value is -7.24. The lowest BCUT2D eigenvalue weighted by molar-refractivity contribution is 0.673. The average Bonchev–Trinajstić information content (AvgIpc) is 3.85. The van der Waals surface area contributed by atoms with Crippen molar-refractivity contribution in [1.82, 2.24) is 18.9 Å². The molecule has 0 atom stereocenters. The number of furan rings is 1. The molecule has 8 aromatic carbocycles. The fourth-order valence-electron chi connectivity index (χ4n) is 9.25. The Bertz CT molecular complexity index is 3680. The van der Waals surface area contributed by atoms with Gasteiger partial charge in [0.2, 0.25) is 0 Å². The molecule has 5 heterocycles. The van der Waals surface area contributed by atoms with Crippen molar-refractivity contribution < 1.29 is 4.42 Å². The van der Waals surface area contributed by atoms with Gasteiger partial charge in [0.1, 0.15) is 16.9 Å². The van der Waals surface area contributed by atoms with Crippen LogP contribution in [0.3, 0.4) is 0 Å². The fraction of sp³-hybridized carbons (Fsp3) is 0. The van der Waals surface area contributed by atoms with E-state index in [1.54, 1.807) is 0 Å². The first-order chi connectivity index (χ1) is 26.3. The van der Waals surface area contributed by atoms with E-state index in [0.29, 0.717) is 0 Å². The van der Waals surface area contributed by atoms with Crippen molar-refractivity contribution in [2.75, 3.05) is 0 Å². The first-order valence-corrected chi connectivity index (χ1v) is 18.0. The zero-order valence-corrected chi connectivity index (χ0v) is 28.2. The van der Waals surface area contributed by atoms with Gasteiger partial charge >= 0.3 is 0 Å². The zero-order valence-electron chi connectivity index (χ0n) is 28.2. The van der Waals surface area contributed by atoms with Crippen LogP contribution in [-0.2, 0) is 0 Å². The fourth-order valence-corrected chi connectivity index (χ4v) is 9.25. The van der Waals surface area contributed by atoms with E-state index in [1.165, 1.54) is 32.4 Å². The molecule has 0 bridgehead atoms. The van der Waals surface area contributed by atoms with E-state index in [9.17, 15) is 0 Å². The van der Waals surface area contributed by atoms with Gasteiger partial charge in [0.05, 0.1) is 44.0 Å². The molecule has 244 valence electrons. The standard InChI is InChI=1S/C48H26N4O/c1-2-12-28(13-3-1)44-48(49-35-25-23-27-11-4-5-14-29(27)45(35)50-44)52-36-19-9-16-31-32-17-8-18-34-42-39(26-24-33-30-15-6-7-22-40(30)53-47(33)42)51(46(32)34)37-20-10-21-38(52)43(37)41(31)36/h1-26H. The van der Waals surface area contributed by atoms with Crippen LogP contribution in [0.15, 0.2) is 162 Å². The molecule has 0 saturated carbocycles. The summed E-state index contributed by atoms with van der Waals surface area (Å²) in [6, 6.07) is 56.1. The van der Waals surface area contributed by atoms with Gasteiger partial charge in [-0.15, -0.1) is 0 Å². The third kappa shape index (κ3) is 3.42. The Kier molecular flexibility index (Phi) is 5.06. The number of hydrogen-bond acceptors (Lipinski definition) is 3. The predicted octanol–water partition coefficient (Wildman–Crippen LogP) is 12.6. The van der Waals surface area contributed by atoms with Crippen LogP contribution in [0.25, 0.3) is 121 Å². The van der Waals surface area contributed by atoms with Crippen LogP contribution in [-0.4, -0.2) is 18.9 Å². The van der Waals surface area contributed by atoms with E-state index in [0.717, 1.165) is 88.3 Å². The van der Waals surface area contributed by atoms with Crippen LogP contribution in [0, 0.1) is 0 Å². The maximum absolute atomic E-state index is 6.67. The van der Waals surface area contributed by atoms with Crippen molar-refractivity contribution in [3.05, 3.63) is 158 Å². The van der Waals surface area contributed by atoms with E-state index < -0.39 is 0 Å². The van der Waals surface area contributed by atoms with Crippen molar-refractivity contribution in [2.24, 2.45) is 0 Å². The third-order valence-electron chi connectivity index (χ3n) is 11.4. The number of aromatic nitrogens is 4. The molecule has 0 radical (unpaired) electrons. The molecule has 0 unspecified atom stereocenters. The topological polar surface area (TPSA) is 48.3 Å². The molecule has 0 saturated heterocycles. The molecule has 5 aromatic heterocycles. The summed E-state index contributed by atoms with van der Waals surface area (Å²) < 4.78 is 11.5. The highest BCUT2D eigenvalue weighted by molar-refractivity contribution is 6.33. The molecule has 0 aliphatic carbocycles. The van der Waals surface area contributed by atoms with Gasteiger partial charge < -0.3 is 8.82 Å². The van der Waals surface area contributed by atoms with Crippen LogP contribution in [0.4, 0.5) is 0 Å². The van der Waals surface area contributed by atoms with Crippen LogP contribution in [0.2, 0.25) is 0 Å². The van der Waals surface area contributed by atoms with Gasteiger partial charge in [-0.3, -0.25) is 4.57 Å². The molecular formula is C48H26N4O. The summed E-state index contributed by atoms with van der Waals surface area (Å²) in [6.45, 7) is 0. The smallest absolute Gasteiger partial charge is 0.165 e. The summed E-state index contributed by atoms with van der Waals surface area (Å²) >= 11 is 0. The summed E-state index contributed by atoms with van der Waals surface area (Å²) in [5.41, 5.74) is 11.1. The zero-order chi connectivity index (χ0) is 34.4. The monoisotopic (exact) mass is 674 g/mol. The lowest BCUT2D eigenvalue weighted by Crippen LogP contribution is -2.04. The number of benzene rings is 8.